The quantitative estimate of drug-likeness (QED) is 0.781. The molecule has 16 heavy (non-hydrogen) atoms. The van der Waals surface area contributed by atoms with Crippen LogP contribution in [-0.2, 0) is 0 Å². The highest BCUT2D eigenvalue weighted by atomic mass is 32.2. The maximum atomic E-state index is 3.62. The van der Waals surface area contributed by atoms with Gasteiger partial charge in [0, 0.05) is 10.9 Å². The zero-order valence-corrected chi connectivity index (χ0v) is 11.2. The van der Waals surface area contributed by atoms with Crippen LogP contribution in [0.15, 0.2) is 29.2 Å². The molecule has 0 bridgehead atoms. The van der Waals surface area contributed by atoms with Gasteiger partial charge in [0.25, 0.3) is 0 Å². The van der Waals surface area contributed by atoms with E-state index in [-0.39, 0.29) is 0 Å². The van der Waals surface area contributed by atoms with Crippen molar-refractivity contribution in [1.82, 2.24) is 5.32 Å². The molecule has 3 atom stereocenters. The molecule has 3 unspecified atom stereocenters. The molecular formula is C14H21NS. The second-order valence-electron chi connectivity index (χ2n) is 4.88. The highest BCUT2D eigenvalue weighted by Gasteiger charge is 2.32. The van der Waals surface area contributed by atoms with E-state index in [0.29, 0.717) is 6.04 Å². The normalized spacial score (nSPS) is 25.4. The number of benzene rings is 1. The number of hydrogen-bond donors (Lipinski definition) is 1. The topological polar surface area (TPSA) is 12.0 Å². The van der Waals surface area contributed by atoms with E-state index < -0.39 is 0 Å². The van der Waals surface area contributed by atoms with Gasteiger partial charge in [-0.2, -0.15) is 0 Å². The molecule has 0 spiro atoms. The summed E-state index contributed by atoms with van der Waals surface area (Å²) < 4.78 is 0. The predicted octanol–water partition coefficient (Wildman–Crippen LogP) is 3.72. The molecule has 1 aliphatic rings. The standard InChI is InChI=1S/C14H21NS/c1-10-8-13(10)9-15-11(2)12-4-6-14(16-3)7-5-12/h4-7,10-11,13,15H,8-9H2,1-3H3. The average Bonchev–Trinajstić information content (AvgIpc) is 3.02. The van der Waals surface area contributed by atoms with Crippen molar-refractivity contribution in [2.45, 2.75) is 31.2 Å². The Balaban J connectivity index is 1.84. The lowest BCUT2D eigenvalue weighted by molar-refractivity contribution is 0.535. The number of nitrogens with one attached hydrogen (secondary N) is 1. The van der Waals surface area contributed by atoms with Gasteiger partial charge in [-0.3, -0.25) is 0 Å². The molecule has 1 aliphatic carbocycles. The van der Waals surface area contributed by atoms with Crippen molar-refractivity contribution in [1.29, 1.82) is 0 Å². The summed E-state index contributed by atoms with van der Waals surface area (Å²) in [6.07, 6.45) is 3.52. The van der Waals surface area contributed by atoms with Crippen LogP contribution >= 0.6 is 11.8 Å². The third kappa shape index (κ3) is 3.02. The fraction of sp³-hybridized carbons (Fsp3) is 0.571. The zero-order chi connectivity index (χ0) is 11.5. The van der Waals surface area contributed by atoms with E-state index in [0.717, 1.165) is 11.8 Å². The maximum absolute atomic E-state index is 3.62. The Morgan fingerprint density at radius 2 is 2.00 bits per heavy atom. The molecule has 2 rings (SSSR count). The molecule has 0 amide bonds. The van der Waals surface area contributed by atoms with E-state index in [9.17, 15) is 0 Å². The van der Waals surface area contributed by atoms with Crippen LogP contribution in [0.4, 0.5) is 0 Å². The zero-order valence-electron chi connectivity index (χ0n) is 10.4. The van der Waals surface area contributed by atoms with Gasteiger partial charge in [0.05, 0.1) is 0 Å². The lowest BCUT2D eigenvalue weighted by Gasteiger charge is -2.14. The Morgan fingerprint density at radius 1 is 1.38 bits per heavy atom. The van der Waals surface area contributed by atoms with Gasteiger partial charge in [-0.15, -0.1) is 11.8 Å². The Bertz CT molecular complexity index is 333. The lowest BCUT2D eigenvalue weighted by atomic mass is 10.1. The summed E-state index contributed by atoms with van der Waals surface area (Å²) in [6, 6.07) is 9.36. The average molecular weight is 235 g/mol. The fourth-order valence-corrected chi connectivity index (χ4v) is 2.43. The first-order valence-electron chi connectivity index (χ1n) is 6.08. The summed E-state index contributed by atoms with van der Waals surface area (Å²) in [4.78, 5) is 1.34. The van der Waals surface area contributed by atoms with Gasteiger partial charge in [0.2, 0.25) is 0 Å². The Labute approximate surface area is 103 Å². The van der Waals surface area contributed by atoms with E-state index in [4.69, 9.17) is 0 Å². The molecule has 1 aromatic carbocycles. The van der Waals surface area contributed by atoms with Crippen molar-refractivity contribution in [3.63, 3.8) is 0 Å². The SMILES string of the molecule is CSc1ccc(C(C)NCC2CC2C)cc1. The van der Waals surface area contributed by atoms with Gasteiger partial charge in [-0.1, -0.05) is 19.1 Å². The number of thioether (sulfide) groups is 1. The van der Waals surface area contributed by atoms with Crippen molar-refractivity contribution >= 4 is 11.8 Å². The lowest BCUT2D eigenvalue weighted by Crippen LogP contribution is -2.21. The van der Waals surface area contributed by atoms with E-state index >= 15 is 0 Å². The maximum Gasteiger partial charge on any atom is 0.0291 e. The number of hydrogen-bond acceptors (Lipinski definition) is 2. The van der Waals surface area contributed by atoms with E-state index in [2.05, 4.69) is 49.7 Å². The first-order chi connectivity index (χ1) is 7.70. The van der Waals surface area contributed by atoms with Gasteiger partial charge in [-0.25, -0.2) is 0 Å². The molecule has 1 nitrogen and oxygen atoms in total. The van der Waals surface area contributed by atoms with Crippen LogP contribution in [0.3, 0.4) is 0 Å². The molecule has 2 heteroatoms. The van der Waals surface area contributed by atoms with Crippen LogP contribution in [0.2, 0.25) is 0 Å². The first-order valence-corrected chi connectivity index (χ1v) is 7.30. The first kappa shape index (κ1) is 12.0. The van der Waals surface area contributed by atoms with Gasteiger partial charge >= 0.3 is 0 Å². The molecule has 0 saturated heterocycles. The van der Waals surface area contributed by atoms with Crippen molar-refractivity contribution < 1.29 is 0 Å². The fourth-order valence-electron chi connectivity index (χ4n) is 2.02. The van der Waals surface area contributed by atoms with Crippen molar-refractivity contribution in [2.75, 3.05) is 12.8 Å². The minimum Gasteiger partial charge on any atom is -0.310 e. The van der Waals surface area contributed by atoms with Crippen LogP contribution in [0.5, 0.6) is 0 Å². The molecule has 0 radical (unpaired) electrons. The molecule has 88 valence electrons. The van der Waals surface area contributed by atoms with Crippen LogP contribution < -0.4 is 5.32 Å². The molecule has 0 aliphatic heterocycles. The summed E-state index contributed by atoms with van der Waals surface area (Å²) in [5.41, 5.74) is 1.39. The third-order valence-electron chi connectivity index (χ3n) is 3.58. The molecule has 1 saturated carbocycles. The highest BCUT2D eigenvalue weighted by Crippen LogP contribution is 2.37. The van der Waals surface area contributed by atoms with Gasteiger partial charge in [-0.05, 0) is 55.7 Å². The van der Waals surface area contributed by atoms with Crippen molar-refractivity contribution in [2.24, 2.45) is 11.8 Å². The predicted molar refractivity (Wildman–Crippen MR) is 71.9 cm³/mol. The van der Waals surface area contributed by atoms with Crippen molar-refractivity contribution in [3.05, 3.63) is 29.8 Å². The summed E-state index contributed by atoms with van der Waals surface area (Å²) in [7, 11) is 0. The minimum atomic E-state index is 0.476. The molecule has 0 aromatic heterocycles. The Kier molecular flexibility index (Phi) is 3.93. The van der Waals surface area contributed by atoms with Crippen LogP contribution in [0.25, 0.3) is 0 Å². The molecule has 1 fully saturated rings. The number of rotatable bonds is 5. The summed E-state index contributed by atoms with van der Waals surface area (Å²) >= 11 is 1.80. The third-order valence-corrected chi connectivity index (χ3v) is 4.32. The largest absolute Gasteiger partial charge is 0.310 e. The smallest absolute Gasteiger partial charge is 0.0291 e. The summed E-state index contributed by atoms with van der Waals surface area (Å²) in [5.74, 6) is 1.87. The highest BCUT2D eigenvalue weighted by molar-refractivity contribution is 7.98. The van der Waals surface area contributed by atoms with Crippen molar-refractivity contribution in [3.8, 4) is 0 Å². The summed E-state index contributed by atoms with van der Waals surface area (Å²) in [5, 5.41) is 3.62. The molecule has 1 N–H and O–H groups in total. The summed E-state index contributed by atoms with van der Waals surface area (Å²) in [6.45, 7) is 5.76. The molecule has 0 heterocycles. The molecular weight excluding hydrogens is 214 g/mol. The second-order valence-corrected chi connectivity index (χ2v) is 5.76. The van der Waals surface area contributed by atoms with Gasteiger partial charge < -0.3 is 5.32 Å². The molecule has 1 aromatic rings. The minimum absolute atomic E-state index is 0.476. The van der Waals surface area contributed by atoms with E-state index in [1.54, 1.807) is 11.8 Å². The van der Waals surface area contributed by atoms with Crippen LogP contribution in [0, 0.1) is 11.8 Å². The van der Waals surface area contributed by atoms with Gasteiger partial charge in [0.15, 0.2) is 0 Å². The Morgan fingerprint density at radius 3 is 2.50 bits per heavy atom. The monoisotopic (exact) mass is 235 g/mol. The van der Waals surface area contributed by atoms with Gasteiger partial charge in [0.1, 0.15) is 0 Å². The Hall–Kier alpha value is -0.470. The second kappa shape index (κ2) is 5.24. The van der Waals surface area contributed by atoms with Crippen LogP contribution in [-0.4, -0.2) is 12.8 Å². The van der Waals surface area contributed by atoms with E-state index in [1.807, 2.05) is 0 Å². The van der Waals surface area contributed by atoms with Crippen LogP contribution in [0.1, 0.15) is 31.9 Å². The van der Waals surface area contributed by atoms with E-state index in [1.165, 1.54) is 23.4 Å².